The third kappa shape index (κ3) is 10.7. The third-order valence-corrected chi connectivity index (χ3v) is 5.54. The molecule has 0 bridgehead atoms. The van der Waals surface area contributed by atoms with Crippen LogP contribution in [-0.2, 0) is 19.7 Å². The molecule has 0 aliphatic rings. The normalized spacial score (nSPS) is 14.8. The number of nitrogens with one attached hydrogen (secondary N) is 1. The van der Waals surface area contributed by atoms with Gasteiger partial charge in [-0.3, -0.25) is 0 Å². The molecule has 0 heterocycles. The quantitative estimate of drug-likeness (QED) is 0.613. The van der Waals surface area contributed by atoms with Gasteiger partial charge < -0.3 is 5.32 Å². The summed E-state index contributed by atoms with van der Waals surface area (Å²) in [5.41, 5.74) is 0. The Morgan fingerprint density at radius 1 is 1.00 bits per heavy atom. The van der Waals surface area contributed by atoms with Crippen molar-refractivity contribution < 1.29 is 16.8 Å². The minimum Gasteiger partial charge on any atom is -0.317 e. The Hall–Kier alpha value is -0.140. The van der Waals surface area contributed by atoms with E-state index in [1.807, 2.05) is 14.0 Å². The summed E-state index contributed by atoms with van der Waals surface area (Å²) in [4.78, 5) is 0. The molecular formula is C10H23NO4S2. The van der Waals surface area contributed by atoms with Crippen molar-refractivity contribution in [3.63, 3.8) is 0 Å². The molecule has 0 aromatic rings. The predicted molar refractivity (Wildman–Crippen MR) is 70.7 cm³/mol. The van der Waals surface area contributed by atoms with E-state index in [0.717, 1.165) is 19.1 Å². The van der Waals surface area contributed by atoms with Gasteiger partial charge in [0.1, 0.15) is 9.84 Å². The molecule has 0 saturated carbocycles. The molecule has 7 heteroatoms. The van der Waals surface area contributed by atoms with Crippen LogP contribution in [0.2, 0.25) is 0 Å². The minimum absolute atomic E-state index is 0.0823. The van der Waals surface area contributed by atoms with Crippen molar-refractivity contribution in [1.29, 1.82) is 0 Å². The van der Waals surface area contributed by atoms with Crippen LogP contribution in [0.15, 0.2) is 0 Å². The molecule has 0 aromatic heterocycles. The van der Waals surface area contributed by atoms with Gasteiger partial charge in [0.05, 0.1) is 17.3 Å². The first-order valence-electron chi connectivity index (χ1n) is 5.72. The van der Waals surface area contributed by atoms with Gasteiger partial charge in [-0.05, 0) is 26.8 Å². The van der Waals surface area contributed by atoms with Crippen LogP contribution < -0.4 is 5.32 Å². The fourth-order valence-electron chi connectivity index (χ4n) is 1.30. The molecule has 0 radical (unpaired) electrons. The van der Waals surface area contributed by atoms with Crippen molar-refractivity contribution in [1.82, 2.24) is 5.32 Å². The maximum Gasteiger partial charge on any atom is 0.151 e. The Balaban J connectivity index is 3.87. The highest BCUT2D eigenvalue weighted by atomic mass is 32.2. The smallest absolute Gasteiger partial charge is 0.151 e. The van der Waals surface area contributed by atoms with Gasteiger partial charge in [-0.25, -0.2) is 16.8 Å². The maximum absolute atomic E-state index is 11.5. The Morgan fingerprint density at radius 3 is 2.06 bits per heavy atom. The van der Waals surface area contributed by atoms with Gasteiger partial charge in [-0.15, -0.1) is 0 Å². The van der Waals surface area contributed by atoms with Crippen LogP contribution in [0.3, 0.4) is 0 Å². The maximum atomic E-state index is 11.5. The van der Waals surface area contributed by atoms with Gasteiger partial charge >= 0.3 is 0 Å². The monoisotopic (exact) mass is 285 g/mol. The third-order valence-electron chi connectivity index (χ3n) is 2.60. The summed E-state index contributed by atoms with van der Waals surface area (Å²) in [6.07, 6.45) is 3.41. The molecule has 0 saturated heterocycles. The van der Waals surface area contributed by atoms with E-state index in [1.165, 1.54) is 0 Å². The van der Waals surface area contributed by atoms with Gasteiger partial charge in [0.2, 0.25) is 0 Å². The Kier molecular flexibility index (Phi) is 7.27. The second kappa shape index (κ2) is 7.33. The summed E-state index contributed by atoms with van der Waals surface area (Å²) >= 11 is 0. The van der Waals surface area contributed by atoms with E-state index in [1.54, 1.807) is 0 Å². The number of rotatable bonds is 9. The fourth-order valence-corrected chi connectivity index (χ4v) is 4.37. The van der Waals surface area contributed by atoms with Gasteiger partial charge in [-0.1, -0.05) is 6.42 Å². The minimum atomic E-state index is -3.22. The highest BCUT2D eigenvalue weighted by Crippen LogP contribution is 2.04. The molecule has 1 N–H and O–H groups in total. The number of sulfone groups is 2. The molecule has 5 nitrogen and oxygen atoms in total. The van der Waals surface area contributed by atoms with Crippen molar-refractivity contribution >= 4 is 19.7 Å². The summed E-state index contributed by atoms with van der Waals surface area (Å²) < 4.78 is 44.7. The zero-order valence-corrected chi connectivity index (χ0v) is 12.4. The molecule has 104 valence electrons. The second-order valence-electron chi connectivity index (χ2n) is 4.47. The molecule has 0 rings (SSSR count). The standard InChI is InChI=1S/C10H23NO4S2/c1-10(11-2)6-4-5-7-17(14,15)9-8-16(3,12)13/h10-11H,4-9H2,1-3H3. The van der Waals surface area contributed by atoms with Crippen LogP contribution in [0.25, 0.3) is 0 Å². The lowest BCUT2D eigenvalue weighted by molar-refractivity contribution is 0.533. The molecule has 0 aliphatic heterocycles. The van der Waals surface area contributed by atoms with Crippen molar-refractivity contribution in [2.75, 3.05) is 30.6 Å². The largest absolute Gasteiger partial charge is 0.317 e. The van der Waals surface area contributed by atoms with Crippen LogP contribution in [-0.4, -0.2) is 53.4 Å². The van der Waals surface area contributed by atoms with Gasteiger partial charge in [0, 0.05) is 12.3 Å². The number of unbranched alkanes of at least 4 members (excludes halogenated alkanes) is 1. The first kappa shape index (κ1) is 16.9. The molecule has 0 aromatic carbocycles. The zero-order chi connectivity index (χ0) is 13.5. The number of hydrogen-bond donors (Lipinski definition) is 1. The van der Waals surface area contributed by atoms with Crippen molar-refractivity contribution in [3.8, 4) is 0 Å². The Bertz CT molecular complexity index is 400. The average molecular weight is 285 g/mol. The lowest BCUT2D eigenvalue weighted by Gasteiger charge is -2.09. The van der Waals surface area contributed by atoms with E-state index in [-0.39, 0.29) is 17.3 Å². The summed E-state index contributed by atoms with van der Waals surface area (Å²) in [6.45, 7) is 2.04. The van der Waals surface area contributed by atoms with E-state index in [2.05, 4.69) is 5.32 Å². The van der Waals surface area contributed by atoms with E-state index >= 15 is 0 Å². The first-order chi connectivity index (χ1) is 7.66. The molecule has 17 heavy (non-hydrogen) atoms. The molecule has 1 unspecified atom stereocenters. The van der Waals surface area contributed by atoms with Crippen LogP contribution in [0.4, 0.5) is 0 Å². The van der Waals surface area contributed by atoms with Crippen molar-refractivity contribution in [3.05, 3.63) is 0 Å². The molecule has 0 amide bonds. The lowest BCUT2D eigenvalue weighted by Crippen LogP contribution is -2.22. The predicted octanol–water partition coefficient (Wildman–Crippen LogP) is 0.224. The first-order valence-corrected chi connectivity index (χ1v) is 9.60. The van der Waals surface area contributed by atoms with E-state index in [4.69, 9.17) is 0 Å². The molecule has 1 atom stereocenters. The van der Waals surface area contributed by atoms with Gasteiger partial charge in [0.15, 0.2) is 9.84 Å². The zero-order valence-electron chi connectivity index (χ0n) is 10.8. The number of hydrogen-bond acceptors (Lipinski definition) is 5. The van der Waals surface area contributed by atoms with E-state index in [9.17, 15) is 16.8 Å². The summed E-state index contributed by atoms with van der Waals surface area (Å²) in [6, 6.07) is 0.383. The van der Waals surface area contributed by atoms with Gasteiger partial charge in [0.25, 0.3) is 0 Å². The van der Waals surface area contributed by atoms with Crippen molar-refractivity contribution in [2.45, 2.75) is 32.2 Å². The summed E-state index contributed by atoms with van der Waals surface area (Å²) in [5.74, 6) is -0.450. The SMILES string of the molecule is CNC(C)CCCCS(=O)(=O)CCS(C)(=O)=O. The summed E-state index contributed by atoms with van der Waals surface area (Å²) in [7, 11) is -4.54. The Labute approximate surface area is 105 Å². The molecule has 0 aliphatic carbocycles. The van der Waals surface area contributed by atoms with E-state index in [0.29, 0.717) is 12.5 Å². The van der Waals surface area contributed by atoms with Crippen LogP contribution in [0.1, 0.15) is 26.2 Å². The lowest BCUT2D eigenvalue weighted by atomic mass is 10.1. The molecule has 0 fully saturated rings. The van der Waals surface area contributed by atoms with Crippen LogP contribution >= 0.6 is 0 Å². The average Bonchev–Trinajstić information content (AvgIpc) is 2.20. The van der Waals surface area contributed by atoms with E-state index < -0.39 is 19.7 Å². The highest BCUT2D eigenvalue weighted by molar-refractivity contribution is 7.94. The topological polar surface area (TPSA) is 80.3 Å². The highest BCUT2D eigenvalue weighted by Gasteiger charge is 2.14. The van der Waals surface area contributed by atoms with Crippen molar-refractivity contribution in [2.24, 2.45) is 0 Å². The van der Waals surface area contributed by atoms with Crippen LogP contribution in [0.5, 0.6) is 0 Å². The Morgan fingerprint density at radius 2 is 1.59 bits per heavy atom. The summed E-state index contributed by atoms with van der Waals surface area (Å²) in [5, 5.41) is 3.08. The van der Waals surface area contributed by atoms with Crippen LogP contribution in [0, 0.1) is 0 Å². The fraction of sp³-hybridized carbons (Fsp3) is 1.00. The molecule has 0 spiro atoms. The molecular weight excluding hydrogens is 262 g/mol. The second-order valence-corrected chi connectivity index (χ2v) is 9.03. The van der Waals surface area contributed by atoms with Gasteiger partial charge in [-0.2, -0.15) is 0 Å².